The van der Waals surface area contributed by atoms with Gasteiger partial charge >= 0.3 is 5.97 Å². The van der Waals surface area contributed by atoms with Gasteiger partial charge in [-0.15, -0.1) is 0 Å². The fraction of sp³-hybridized carbons (Fsp3) is 0.227. The first-order valence-electron chi connectivity index (χ1n) is 9.28. The van der Waals surface area contributed by atoms with E-state index in [0.717, 1.165) is 16.9 Å². The highest BCUT2D eigenvalue weighted by atomic mass is 32.2. The van der Waals surface area contributed by atoms with Gasteiger partial charge in [-0.25, -0.2) is 4.99 Å². The molecule has 0 saturated carbocycles. The van der Waals surface area contributed by atoms with Gasteiger partial charge in [0, 0.05) is 5.70 Å². The second kappa shape index (κ2) is 9.98. The van der Waals surface area contributed by atoms with Gasteiger partial charge in [0.2, 0.25) is 5.91 Å². The second-order valence-electron chi connectivity index (χ2n) is 6.56. The molecule has 0 spiro atoms. The first kappa shape index (κ1) is 21.4. The van der Waals surface area contributed by atoms with Crippen molar-refractivity contribution in [2.45, 2.75) is 13.3 Å². The Morgan fingerprint density at radius 2 is 1.97 bits per heavy atom. The Kier molecular flexibility index (Phi) is 7.13. The van der Waals surface area contributed by atoms with Gasteiger partial charge in [0.1, 0.15) is 5.75 Å². The van der Waals surface area contributed by atoms with E-state index in [0.29, 0.717) is 22.2 Å². The molecule has 0 radical (unpaired) electrons. The highest BCUT2D eigenvalue weighted by Crippen LogP contribution is 2.31. The fourth-order valence-corrected chi connectivity index (χ4v) is 3.57. The third kappa shape index (κ3) is 5.64. The number of ether oxygens (including phenoxy) is 2. The predicted octanol–water partition coefficient (Wildman–Crippen LogP) is 4.28. The Balaban J connectivity index is 1.74. The number of carbonyl (C=O) groups excluding carboxylic acids is 2. The minimum Gasteiger partial charge on any atom is -0.495 e. The third-order valence-electron chi connectivity index (χ3n) is 4.27. The van der Waals surface area contributed by atoms with E-state index in [-0.39, 0.29) is 24.1 Å². The number of methoxy groups -OCH3 is 2. The summed E-state index contributed by atoms with van der Waals surface area (Å²) in [5, 5.41) is 6.72. The number of hydrogen-bond donors (Lipinski definition) is 2. The van der Waals surface area contributed by atoms with Crippen molar-refractivity contribution in [3.05, 3.63) is 59.8 Å². The van der Waals surface area contributed by atoms with Crippen molar-refractivity contribution < 1.29 is 19.1 Å². The molecular weight excluding hydrogens is 402 g/mol. The number of nitrogens with one attached hydrogen (secondary N) is 2. The molecule has 0 unspecified atom stereocenters. The van der Waals surface area contributed by atoms with Gasteiger partial charge in [-0.05, 0) is 42.8 Å². The van der Waals surface area contributed by atoms with Crippen LogP contribution in [0.5, 0.6) is 5.75 Å². The lowest BCUT2D eigenvalue weighted by atomic mass is 10.2. The lowest BCUT2D eigenvalue weighted by molar-refractivity contribution is -0.139. The zero-order valence-corrected chi connectivity index (χ0v) is 17.8. The highest BCUT2D eigenvalue weighted by Gasteiger charge is 2.16. The van der Waals surface area contributed by atoms with Crippen LogP contribution in [0.1, 0.15) is 12.0 Å². The van der Waals surface area contributed by atoms with Crippen LogP contribution in [-0.4, -0.2) is 36.9 Å². The summed E-state index contributed by atoms with van der Waals surface area (Å²) in [7, 11) is 2.91. The summed E-state index contributed by atoms with van der Waals surface area (Å²) in [6.07, 6.45) is 1.85. The number of fused-ring (bicyclic) bond motifs is 1. The van der Waals surface area contributed by atoms with Crippen LogP contribution in [0.2, 0.25) is 0 Å². The van der Waals surface area contributed by atoms with E-state index in [4.69, 9.17) is 9.47 Å². The summed E-state index contributed by atoms with van der Waals surface area (Å²) in [5.41, 5.74) is 3.82. The monoisotopic (exact) mass is 425 g/mol. The average molecular weight is 426 g/mol. The first-order chi connectivity index (χ1) is 14.5. The number of nitrogens with zero attached hydrogens (tertiary/aromatic N) is 1. The first-order valence-corrected chi connectivity index (χ1v) is 10.3. The maximum atomic E-state index is 12.5. The summed E-state index contributed by atoms with van der Waals surface area (Å²) in [5.74, 6) is 0.214. The molecule has 1 aliphatic heterocycles. The van der Waals surface area contributed by atoms with Crippen molar-refractivity contribution in [1.29, 1.82) is 0 Å². The number of aliphatic imine (C=N–C) groups is 1. The Morgan fingerprint density at radius 3 is 2.73 bits per heavy atom. The van der Waals surface area contributed by atoms with Gasteiger partial charge < -0.3 is 20.1 Å². The molecule has 0 aliphatic carbocycles. The second-order valence-corrected chi connectivity index (χ2v) is 7.55. The quantitative estimate of drug-likeness (QED) is 0.672. The number of esters is 1. The molecule has 8 heteroatoms. The van der Waals surface area contributed by atoms with Crippen molar-refractivity contribution >= 4 is 45.7 Å². The molecule has 0 bridgehead atoms. The maximum absolute atomic E-state index is 12.5. The van der Waals surface area contributed by atoms with Gasteiger partial charge in [-0.1, -0.05) is 30.0 Å². The molecule has 3 rings (SSSR count). The summed E-state index contributed by atoms with van der Waals surface area (Å²) in [6, 6.07) is 13.1. The van der Waals surface area contributed by atoms with E-state index < -0.39 is 0 Å². The van der Waals surface area contributed by atoms with Gasteiger partial charge in [-0.3, -0.25) is 9.59 Å². The van der Waals surface area contributed by atoms with Gasteiger partial charge in [0.25, 0.3) is 0 Å². The molecule has 0 aromatic heterocycles. The van der Waals surface area contributed by atoms with Gasteiger partial charge in [-0.2, -0.15) is 0 Å². The smallest absolute Gasteiger partial charge is 0.311 e. The van der Waals surface area contributed by atoms with Crippen LogP contribution < -0.4 is 15.4 Å². The summed E-state index contributed by atoms with van der Waals surface area (Å²) < 4.78 is 10.1. The average Bonchev–Trinajstić information content (AvgIpc) is 2.90. The molecule has 156 valence electrons. The normalized spacial score (nSPS) is 12.5. The molecule has 0 fully saturated rings. The molecule has 1 amide bonds. The van der Waals surface area contributed by atoms with Crippen LogP contribution in [0.25, 0.3) is 0 Å². The van der Waals surface area contributed by atoms with Crippen molar-refractivity contribution in [2.24, 2.45) is 4.99 Å². The van der Waals surface area contributed by atoms with Crippen molar-refractivity contribution in [3.63, 3.8) is 0 Å². The number of anilines is 2. The lowest BCUT2D eigenvalue weighted by Gasteiger charge is -2.11. The van der Waals surface area contributed by atoms with E-state index in [1.165, 1.54) is 18.9 Å². The third-order valence-corrected chi connectivity index (χ3v) is 5.18. The number of amides is 1. The summed E-state index contributed by atoms with van der Waals surface area (Å²) >= 11 is 1.29. The van der Waals surface area contributed by atoms with E-state index in [9.17, 15) is 9.59 Å². The van der Waals surface area contributed by atoms with Crippen LogP contribution in [-0.2, 0) is 14.3 Å². The summed E-state index contributed by atoms with van der Waals surface area (Å²) in [6.45, 7) is 1.95. The van der Waals surface area contributed by atoms with Crippen LogP contribution in [0.3, 0.4) is 0 Å². The minimum atomic E-state index is -0.359. The zero-order valence-electron chi connectivity index (χ0n) is 17.0. The molecule has 0 saturated heterocycles. The number of hydrogen-bond acceptors (Lipinski definition) is 7. The van der Waals surface area contributed by atoms with Gasteiger partial charge in [0.05, 0.1) is 48.5 Å². The maximum Gasteiger partial charge on any atom is 0.311 e. The summed E-state index contributed by atoms with van der Waals surface area (Å²) in [4.78, 5) is 28.9. The largest absolute Gasteiger partial charge is 0.495 e. The molecule has 2 aromatic carbocycles. The Hall–Kier alpha value is -3.26. The Labute approximate surface area is 179 Å². The number of aryl methyl sites for hydroxylation is 1. The number of rotatable bonds is 6. The van der Waals surface area contributed by atoms with Crippen molar-refractivity contribution in [2.75, 3.05) is 30.6 Å². The van der Waals surface area contributed by atoms with Gasteiger partial charge in [0.15, 0.2) is 0 Å². The lowest BCUT2D eigenvalue weighted by Crippen LogP contribution is -2.16. The fourth-order valence-electron chi connectivity index (χ4n) is 2.83. The SMILES string of the molecule is COC(=O)CC1=CC(SCC(=O)Nc2cc(C)ccc2OC)=Nc2ccccc2N1. The van der Waals surface area contributed by atoms with Crippen LogP contribution >= 0.6 is 11.8 Å². The number of thioether (sulfide) groups is 1. The van der Waals surface area contributed by atoms with Crippen LogP contribution in [0.4, 0.5) is 17.1 Å². The molecular formula is C22H23N3O4S. The van der Waals surface area contributed by atoms with E-state index in [2.05, 4.69) is 15.6 Å². The molecule has 1 heterocycles. The Morgan fingerprint density at radius 1 is 1.17 bits per heavy atom. The van der Waals surface area contributed by atoms with Crippen LogP contribution in [0.15, 0.2) is 59.2 Å². The van der Waals surface area contributed by atoms with E-state index >= 15 is 0 Å². The standard InChI is InChI=1S/C22H23N3O4S/c1-14-8-9-19(28-2)18(10-14)24-20(26)13-30-21-11-15(12-22(27)29-3)23-16-6-4-5-7-17(16)25-21/h4-11,23H,12-13H2,1-3H3,(H,24,26). The molecule has 7 nitrogen and oxygen atoms in total. The van der Waals surface area contributed by atoms with Crippen molar-refractivity contribution in [1.82, 2.24) is 0 Å². The van der Waals surface area contributed by atoms with E-state index in [1.54, 1.807) is 13.2 Å². The van der Waals surface area contributed by atoms with Crippen molar-refractivity contribution in [3.8, 4) is 5.75 Å². The van der Waals surface area contributed by atoms with E-state index in [1.807, 2.05) is 49.4 Å². The molecule has 30 heavy (non-hydrogen) atoms. The highest BCUT2D eigenvalue weighted by molar-refractivity contribution is 8.14. The minimum absolute atomic E-state index is 0.0805. The van der Waals surface area contributed by atoms with Crippen LogP contribution in [0, 0.1) is 6.92 Å². The predicted molar refractivity (Wildman–Crippen MR) is 121 cm³/mol. The Bertz CT molecular complexity index is 1020. The topological polar surface area (TPSA) is 89.0 Å². The molecule has 1 aliphatic rings. The number of carbonyl (C=O) groups is 2. The molecule has 0 atom stereocenters. The zero-order chi connectivity index (χ0) is 21.5. The molecule has 2 aromatic rings. The number of benzene rings is 2. The molecule has 2 N–H and O–H groups in total. The number of para-hydroxylation sites is 2.